The fourth-order valence-electron chi connectivity index (χ4n) is 1.44. The van der Waals surface area contributed by atoms with Gasteiger partial charge in [-0.05, 0) is 58.2 Å². The zero-order valence-corrected chi connectivity index (χ0v) is 12.5. The number of hydrogen-bond acceptors (Lipinski definition) is 3. The molecule has 0 aromatic carbocycles. The molecule has 0 saturated carbocycles. The summed E-state index contributed by atoms with van der Waals surface area (Å²) in [5.41, 5.74) is 0.973. The van der Waals surface area contributed by atoms with Crippen molar-refractivity contribution in [3.05, 3.63) is 26.9 Å². The third-order valence-electron chi connectivity index (χ3n) is 2.20. The highest BCUT2D eigenvalue weighted by Gasteiger charge is 2.07. The summed E-state index contributed by atoms with van der Waals surface area (Å²) in [5.74, 6) is 0. The largest absolute Gasteiger partial charge is 0.393 e. The monoisotopic (exact) mass is 350 g/mol. The van der Waals surface area contributed by atoms with Crippen molar-refractivity contribution >= 4 is 31.9 Å². The van der Waals surface area contributed by atoms with Gasteiger partial charge >= 0.3 is 0 Å². The van der Waals surface area contributed by atoms with Gasteiger partial charge in [-0.25, -0.2) is 0 Å². The lowest BCUT2D eigenvalue weighted by Gasteiger charge is -2.15. The number of nitrogens with zero attached hydrogens (tertiary/aromatic N) is 1. The molecule has 0 aliphatic carbocycles. The third kappa shape index (κ3) is 4.91. The predicted octanol–water partition coefficient (Wildman–Crippen LogP) is 2.86. The van der Waals surface area contributed by atoms with E-state index in [0.717, 1.165) is 21.1 Å². The quantitative estimate of drug-likeness (QED) is 0.857. The van der Waals surface area contributed by atoms with Crippen molar-refractivity contribution in [1.82, 2.24) is 10.3 Å². The summed E-state index contributed by atoms with van der Waals surface area (Å²) in [7, 11) is 0. The Kier molecular flexibility index (Phi) is 5.89. The lowest BCUT2D eigenvalue weighted by Crippen LogP contribution is -2.29. The summed E-state index contributed by atoms with van der Waals surface area (Å²) >= 11 is 6.83. The first kappa shape index (κ1) is 14.1. The van der Waals surface area contributed by atoms with Crippen molar-refractivity contribution in [2.75, 3.05) is 0 Å². The van der Waals surface area contributed by atoms with Gasteiger partial charge in [0, 0.05) is 27.7 Å². The molecule has 1 aromatic heterocycles. The van der Waals surface area contributed by atoms with Crippen molar-refractivity contribution in [2.24, 2.45) is 0 Å². The number of aliphatic hydroxyl groups is 1. The molecule has 0 radical (unpaired) electrons. The first-order valence-corrected chi connectivity index (χ1v) is 6.79. The molecule has 1 rings (SSSR count). The van der Waals surface area contributed by atoms with E-state index in [9.17, 15) is 5.11 Å². The summed E-state index contributed by atoms with van der Waals surface area (Å²) in [5, 5.41) is 12.6. The Labute approximate surface area is 113 Å². The predicted molar refractivity (Wildman–Crippen MR) is 72.2 cm³/mol. The topological polar surface area (TPSA) is 45.1 Å². The van der Waals surface area contributed by atoms with Crippen LogP contribution in [0.2, 0.25) is 0 Å². The standard InChI is InChI=1S/C11H16Br2N2O/c1-7(3-8(2)16)14-6-11-10(13)4-9(12)5-15-11/h4-5,7-8,14,16H,3,6H2,1-2H3. The molecule has 3 nitrogen and oxygen atoms in total. The van der Waals surface area contributed by atoms with Crippen LogP contribution < -0.4 is 5.32 Å². The van der Waals surface area contributed by atoms with Gasteiger partial charge in [0.2, 0.25) is 0 Å². The van der Waals surface area contributed by atoms with Crippen LogP contribution in [0.25, 0.3) is 0 Å². The van der Waals surface area contributed by atoms with E-state index in [1.54, 1.807) is 13.1 Å². The number of rotatable bonds is 5. The normalized spacial score (nSPS) is 14.8. The van der Waals surface area contributed by atoms with Gasteiger partial charge in [0.15, 0.2) is 0 Å². The maximum absolute atomic E-state index is 9.24. The summed E-state index contributed by atoms with van der Waals surface area (Å²) in [4.78, 5) is 4.31. The van der Waals surface area contributed by atoms with Gasteiger partial charge in [0.25, 0.3) is 0 Å². The van der Waals surface area contributed by atoms with Crippen molar-refractivity contribution < 1.29 is 5.11 Å². The molecule has 0 amide bonds. The fourth-order valence-corrected chi connectivity index (χ4v) is 2.57. The molecular weight excluding hydrogens is 336 g/mol. The molecule has 0 fully saturated rings. The lowest BCUT2D eigenvalue weighted by molar-refractivity contribution is 0.170. The van der Waals surface area contributed by atoms with Crippen molar-refractivity contribution in [3.63, 3.8) is 0 Å². The molecule has 90 valence electrons. The van der Waals surface area contributed by atoms with E-state index in [0.29, 0.717) is 6.54 Å². The number of aliphatic hydroxyl groups excluding tert-OH is 1. The van der Waals surface area contributed by atoms with Crippen LogP contribution in [0.15, 0.2) is 21.2 Å². The zero-order chi connectivity index (χ0) is 12.1. The minimum absolute atomic E-state index is 0.274. The molecule has 5 heteroatoms. The second-order valence-corrected chi connectivity index (χ2v) is 5.72. The van der Waals surface area contributed by atoms with Gasteiger partial charge in [-0.3, -0.25) is 4.98 Å². The molecule has 1 heterocycles. The van der Waals surface area contributed by atoms with E-state index in [4.69, 9.17) is 0 Å². The molecule has 0 aliphatic rings. The van der Waals surface area contributed by atoms with Crippen LogP contribution in [0, 0.1) is 0 Å². The summed E-state index contributed by atoms with van der Waals surface area (Å²) in [6.07, 6.45) is 2.25. The third-order valence-corrected chi connectivity index (χ3v) is 3.32. The molecule has 0 spiro atoms. The van der Waals surface area contributed by atoms with Crippen LogP contribution in [0.4, 0.5) is 0 Å². The van der Waals surface area contributed by atoms with Gasteiger partial charge < -0.3 is 10.4 Å². The Balaban J connectivity index is 2.48. The maximum Gasteiger partial charge on any atom is 0.0684 e. The Morgan fingerprint density at radius 2 is 2.12 bits per heavy atom. The molecule has 0 saturated heterocycles. The second kappa shape index (κ2) is 6.69. The average Bonchev–Trinajstić information content (AvgIpc) is 2.15. The smallest absolute Gasteiger partial charge is 0.0684 e. The van der Waals surface area contributed by atoms with E-state index in [1.807, 2.05) is 6.07 Å². The lowest BCUT2D eigenvalue weighted by atomic mass is 10.1. The van der Waals surface area contributed by atoms with Crippen LogP contribution in [-0.4, -0.2) is 22.2 Å². The van der Waals surface area contributed by atoms with Crippen molar-refractivity contribution in [2.45, 2.75) is 39.0 Å². The Morgan fingerprint density at radius 3 is 2.69 bits per heavy atom. The van der Waals surface area contributed by atoms with E-state index in [2.05, 4.69) is 49.1 Å². The van der Waals surface area contributed by atoms with Crippen molar-refractivity contribution in [3.8, 4) is 0 Å². The Hall–Kier alpha value is 0.0300. The van der Waals surface area contributed by atoms with E-state index in [1.165, 1.54) is 0 Å². The second-order valence-electron chi connectivity index (χ2n) is 3.95. The molecule has 2 unspecified atom stereocenters. The molecular formula is C11H16Br2N2O. The number of aromatic nitrogens is 1. The maximum atomic E-state index is 9.24. The van der Waals surface area contributed by atoms with Gasteiger partial charge in [0.1, 0.15) is 0 Å². The summed E-state index contributed by atoms with van der Waals surface area (Å²) < 4.78 is 1.94. The van der Waals surface area contributed by atoms with Gasteiger partial charge in [-0.2, -0.15) is 0 Å². The average molecular weight is 352 g/mol. The van der Waals surface area contributed by atoms with E-state index in [-0.39, 0.29) is 12.1 Å². The molecule has 1 aromatic rings. The van der Waals surface area contributed by atoms with E-state index >= 15 is 0 Å². The molecule has 16 heavy (non-hydrogen) atoms. The van der Waals surface area contributed by atoms with Crippen LogP contribution in [0.5, 0.6) is 0 Å². The Morgan fingerprint density at radius 1 is 1.44 bits per heavy atom. The SMILES string of the molecule is CC(O)CC(C)NCc1ncc(Br)cc1Br. The zero-order valence-electron chi connectivity index (χ0n) is 9.37. The number of nitrogens with one attached hydrogen (secondary N) is 1. The highest BCUT2D eigenvalue weighted by molar-refractivity contribution is 9.11. The minimum atomic E-state index is -0.274. The molecule has 2 N–H and O–H groups in total. The van der Waals surface area contributed by atoms with Crippen molar-refractivity contribution in [1.29, 1.82) is 0 Å². The molecule has 2 atom stereocenters. The first-order chi connectivity index (χ1) is 7.49. The number of pyridine rings is 1. The van der Waals surface area contributed by atoms with Gasteiger partial charge in [0.05, 0.1) is 11.8 Å². The van der Waals surface area contributed by atoms with Gasteiger partial charge in [-0.1, -0.05) is 0 Å². The van der Waals surface area contributed by atoms with Gasteiger partial charge in [-0.15, -0.1) is 0 Å². The fraction of sp³-hybridized carbons (Fsp3) is 0.545. The van der Waals surface area contributed by atoms with Crippen LogP contribution in [0.3, 0.4) is 0 Å². The van der Waals surface area contributed by atoms with Crippen LogP contribution in [-0.2, 0) is 6.54 Å². The van der Waals surface area contributed by atoms with Crippen LogP contribution >= 0.6 is 31.9 Å². The van der Waals surface area contributed by atoms with Crippen LogP contribution in [0.1, 0.15) is 26.0 Å². The highest BCUT2D eigenvalue weighted by Crippen LogP contribution is 2.19. The minimum Gasteiger partial charge on any atom is -0.393 e. The summed E-state index contributed by atoms with van der Waals surface area (Å²) in [6.45, 7) is 4.55. The summed E-state index contributed by atoms with van der Waals surface area (Å²) in [6, 6.07) is 2.25. The van der Waals surface area contributed by atoms with E-state index < -0.39 is 0 Å². The number of halogens is 2. The first-order valence-electron chi connectivity index (χ1n) is 5.20. The highest BCUT2D eigenvalue weighted by atomic mass is 79.9. The Bertz CT molecular complexity index is 345. The molecule has 0 aliphatic heterocycles. The number of hydrogen-bond donors (Lipinski definition) is 2. The molecule has 0 bridgehead atoms.